The predicted octanol–water partition coefficient (Wildman–Crippen LogP) is 2.16. The maximum atomic E-state index is 12.0. The number of carbonyl (C=O) groups is 1. The van der Waals surface area contributed by atoms with E-state index in [9.17, 15) is 4.79 Å². The molecule has 1 unspecified atom stereocenters. The van der Waals surface area contributed by atoms with Gasteiger partial charge in [-0.05, 0) is 38.2 Å². The molecule has 4 N–H and O–H groups in total. The lowest BCUT2D eigenvalue weighted by Gasteiger charge is -2.21. The van der Waals surface area contributed by atoms with Gasteiger partial charge in [0.2, 0.25) is 13.3 Å². The van der Waals surface area contributed by atoms with E-state index < -0.39 is 0 Å². The van der Waals surface area contributed by atoms with E-state index in [2.05, 4.69) is 65.3 Å². The molecule has 5 heteroatoms. The van der Waals surface area contributed by atoms with Gasteiger partial charge in [0, 0.05) is 0 Å². The molecule has 130 valence electrons. The normalized spacial score (nSPS) is 12.9. The van der Waals surface area contributed by atoms with E-state index in [0.717, 1.165) is 0 Å². The van der Waals surface area contributed by atoms with Crippen molar-refractivity contribution in [3.8, 4) is 0 Å². The van der Waals surface area contributed by atoms with Gasteiger partial charge in [-0.3, -0.25) is 10.2 Å². The maximum absolute atomic E-state index is 12.0. The molecule has 0 fully saturated rings. The first-order valence-corrected chi connectivity index (χ1v) is 8.99. The lowest BCUT2D eigenvalue weighted by molar-refractivity contribution is -0.123. The lowest BCUT2D eigenvalue weighted by atomic mass is 9.76. The Morgan fingerprint density at radius 1 is 0.923 bits per heavy atom. The number of hydrogen-bond acceptors (Lipinski definition) is 3. The Labute approximate surface area is 153 Å². The highest BCUT2D eigenvalue weighted by molar-refractivity contribution is 6.56. The Balaban J connectivity index is 1.80. The van der Waals surface area contributed by atoms with E-state index in [1.54, 1.807) is 0 Å². The first-order valence-electron chi connectivity index (χ1n) is 8.99. The van der Waals surface area contributed by atoms with Crippen molar-refractivity contribution in [3.63, 3.8) is 0 Å². The Morgan fingerprint density at radius 2 is 1.54 bits per heavy atom. The van der Waals surface area contributed by atoms with E-state index in [-0.39, 0.29) is 17.9 Å². The number of hydrogen-bond donors (Lipinski definition) is 3. The van der Waals surface area contributed by atoms with Gasteiger partial charge in [0.25, 0.3) is 0 Å². The topological polar surface area (TPSA) is 67.2 Å². The summed E-state index contributed by atoms with van der Waals surface area (Å²) in [5.74, 6) is 5.30. The van der Waals surface area contributed by atoms with Crippen molar-refractivity contribution in [3.05, 3.63) is 54.6 Å². The molecule has 4 nitrogen and oxygen atoms in total. The van der Waals surface area contributed by atoms with Crippen LogP contribution in [0.25, 0.3) is 32.3 Å². The maximum Gasteiger partial charge on any atom is 0.250 e. The molecule has 0 aliphatic carbocycles. The Bertz CT molecular complexity index is 1080. The summed E-state index contributed by atoms with van der Waals surface area (Å²) < 4.78 is 0. The van der Waals surface area contributed by atoms with Crippen LogP contribution in [-0.2, 0) is 4.79 Å². The number of carbonyl (C=O) groups excluding carboxylic acids is 1. The Hall–Kier alpha value is -2.63. The summed E-state index contributed by atoms with van der Waals surface area (Å²) in [5, 5.41) is 11.0. The molecular formula is C21H22BN3O. The molecule has 4 aromatic carbocycles. The Morgan fingerprint density at radius 3 is 2.19 bits per heavy atom. The van der Waals surface area contributed by atoms with Crippen molar-refractivity contribution in [2.75, 3.05) is 0 Å². The zero-order valence-electron chi connectivity index (χ0n) is 15.0. The number of nitrogens with one attached hydrogen (secondary N) is 2. The van der Waals surface area contributed by atoms with Crippen LogP contribution in [0.3, 0.4) is 0 Å². The standard InChI is InChI=1S/C21H22BN3O/c1-12(2)20(21(26)25-23)24-22-17-11-9-15-7-6-13-4-3-5-14-8-10-16(17)19(15)18(13)14/h3-12,20,22,24H,23H2,1-2H3,(H,25,26). The van der Waals surface area contributed by atoms with Crippen LogP contribution in [0.1, 0.15) is 13.8 Å². The number of nitrogens with two attached hydrogens (primary N) is 1. The minimum absolute atomic E-state index is 0.151. The average Bonchev–Trinajstić information content (AvgIpc) is 2.66. The minimum atomic E-state index is -0.321. The molecule has 0 heterocycles. The fraction of sp³-hybridized carbons (Fsp3) is 0.190. The van der Waals surface area contributed by atoms with Gasteiger partial charge in [-0.15, -0.1) is 0 Å². The first kappa shape index (κ1) is 16.8. The summed E-state index contributed by atoms with van der Waals surface area (Å²) >= 11 is 0. The minimum Gasteiger partial charge on any atom is -0.344 e. The van der Waals surface area contributed by atoms with E-state index >= 15 is 0 Å². The van der Waals surface area contributed by atoms with Crippen molar-refractivity contribution in [1.82, 2.24) is 10.7 Å². The third kappa shape index (κ3) is 2.70. The van der Waals surface area contributed by atoms with E-state index in [1.165, 1.54) is 37.8 Å². The largest absolute Gasteiger partial charge is 0.344 e. The number of rotatable bonds is 5. The first-order chi connectivity index (χ1) is 12.6. The molecule has 4 aromatic rings. The number of amides is 1. The van der Waals surface area contributed by atoms with E-state index in [1.807, 2.05) is 13.8 Å². The molecule has 26 heavy (non-hydrogen) atoms. The fourth-order valence-corrected chi connectivity index (χ4v) is 3.89. The highest BCUT2D eigenvalue weighted by Gasteiger charge is 2.21. The summed E-state index contributed by atoms with van der Waals surface area (Å²) in [4.78, 5) is 12.0. The van der Waals surface area contributed by atoms with Crippen LogP contribution >= 0.6 is 0 Å². The van der Waals surface area contributed by atoms with Gasteiger partial charge >= 0.3 is 0 Å². The average molecular weight is 343 g/mol. The van der Waals surface area contributed by atoms with Crippen LogP contribution in [0.5, 0.6) is 0 Å². The van der Waals surface area contributed by atoms with Crippen LogP contribution in [0, 0.1) is 5.92 Å². The molecule has 4 rings (SSSR count). The number of hydrazine groups is 1. The Kier molecular flexibility index (Phi) is 4.27. The second-order valence-corrected chi connectivity index (χ2v) is 7.19. The van der Waals surface area contributed by atoms with Crippen LogP contribution in [0.15, 0.2) is 54.6 Å². The van der Waals surface area contributed by atoms with Crippen LogP contribution in [0.2, 0.25) is 0 Å². The lowest BCUT2D eigenvalue weighted by Crippen LogP contribution is -2.52. The SMILES string of the molecule is CC(C)C(NBc1ccc2ccc3cccc4ccc1c2c34)C(=O)NN. The van der Waals surface area contributed by atoms with E-state index in [4.69, 9.17) is 5.84 Å². The zero-order valence-corrected chi connectivity index (χ0v) is 15.0. The highest BCUT2D eigenvalue weighted by Crippen LogP contribution is 2.33. The molecule has 0 aliphatic heterocycles. The van der Waals surface area contributed by atoms with Crippen LogP contribution in [0.4, 0.5) is 0 Å². The quantitative estimate of drug-likeness (QED) is 0.171. The van der Waals surface area contributed by atoms with Crippen molar-refractivity contribution >= 4 is 51.1 Å². The van der Waals surface area contributed by atoms with Gasteiger partial charge in [-0.25, -0.2) is 5.84 Å². The third-order valence-corrected chi connectivity index (χ3v) is 5.22. The van der Waals surface area contributed by atoms with Crippen LogP contribution < -0.4 is 22.0 Å². The smallest absolute Gasteiger partial charge is 0.250 e. The van der Waals surface area contributed by atoms with Gasteiger partial charge in [0.05, 0.1) is 6.04 Å². The summed E-state index contributed by atoms with van der Waals surface area (Å²) in [7, 11) is 0.616. The van der Waals surface area contributed by atoms with Crippen LogP contribution in [-0.4, -0.2) is 19.4 Å². The van der Waals surface area contributed by atoms with Crippen molar-refractivity contribution < 1.29 is 4.79 Å². The molecule has 0 aliphatic rings. The molecule has 1 amide bonds. The molecule has 0 saturated heterocycles. The molecule has 0 radical (unpaired) electrons. The summed E-state index contributed by atoms with van der Waals surface area (Å²) in [5.41, 5.74) is 3.45. The highest BCUT2D eigenvalue weighted by atomic mass is 16.2. The van der Waals surface area contributed by atoms with Crippen molar-refractivity contribution in [1.29, 1.82) is 0 Å². The molecule has 1 atom stereocenters. The van der Waals surface area contributed by atoms with Gasteiger partial charge in [-0.2, -0.15) is 0 Å². The molecule has 0 bridgehead atoms. The van der Waals surface area contributed by atoms with Crippen molar-refractivity contribution in [2.24, 2.45) is 11.8 Å². The second kappa shape index (κ2) is 6.59. The van der Waals surface area contributed by atoms with Crippen molar-refractivity contribution in [2.45, 2.75) is 19.9 Å². The zero-order chi connectivity index (χ0) is 18.3. The third-order valence-electron chi connectivity index (χ3n) is 5.22. The summed E-state index contributed by atoms with van der Waals surface area (Å²) in [6.07, 6.45) is 0. The molecule has 0 aromatic heterocycles. The summed E-state index contributed by atoms with van der Waals surface area (Å²) in [6, 6.07) is 19.1. The van der Waals surface area contributed by atoms with Gasteiger partial charge < -0.3 is 5.23 Å². The number of benzene rings is 4. The van der Waals surface area contributed by atoms with Gasteiger partial charge in [0.1, 0.15) is 0 Å². The molecule has 0 spiro atoms. The van der Waals surface area contributed by atoms with Gasteiger partial charge in [-0.1, -0.05) is 73.9 Å². The van der Waals surface area contributed by atoms with Gasteiger partial charge in [0.15, 0.2) is 0 Å². The summed E-state index contributed by atoms with van der Waals surface area (Å²) in [6.45, 7) is 4.02. The molecular weight excluding hydrogens is 321 g/mol. The predicted molar refractivity (Wildman–Crippen MR) is 111 cm³/mol. The molecule has 0 saturated carbocycles. The van der Waals surface area contributed by atoms with E-state index in [0.29, 0.717) is 7.41 Å². The fourth-order valence-electron chi connectivity index (χ4n) is 3.89. The second-order valence-electron chi connectivity index (χ2n) is 7.19. The monoisotopic (exact) mass is 343 g/mol.